The maximum Gasteiger partial charge on any atom is 0.472 e. The first-order valence-corrected chi connectivity index (χ1v) is 25.2. The van der Waals surface area contributed by atoms with E-state index in [1.165, 1.54) is 154 Å². The predicted molar refractivity (Wildman–Crippen MR) is 233 cm³/mol. The van der Waals surface area contributed by atoms with Crippen molar-refractivity contribution in [2.75, 3.05) is 93.3 Å². The van der Waals surface area contributed by atoms with Crippen molar-refractivity contribution in [3.05, 3.63) is 0 Å². The molecule has 10 nitrogen and oxygen atoms in total. The summed E-state index contributed by atoms with van der Waals surface area (Å²) < 4.78 is 47.0. The third-order valence-electron chi connectivity index (χ3n) is 10.6. The Balaban J connectivity index is 4.35. The molecule has 56 heavy (non-hydrogen) atoms. The molecule has 0 rings (SSSR count). The zero-order chi connectivity index (χ0) is 41.1. The summed E-state index contributed by atoms with van der Waals surface area (Å²) in [5.74, 6) is 0. The van der Waals surface area contributed by atoms with Gasteiger partial charge in [0.05, 0.1) is 60.3 Å². The van der Waals surface area contributed by atoms with Crippen LogP contribution in [0.2, 0.25) is 0 Å². The van der Waals surface area contributed by atoms with Crippen LogP contribution in [0.3, 0.4) is 0 Å². The number of unbranched alkanes of at least 4 members (excludes halogenated alkanes) is 26. The van der Waals surface area contributed by atoms with Gasteiger partial charge in [0.15, 0.2) is 0 Å². The smallest absolute Gasteiger partial charge is 0.394 e. The summed E-state index contributed by atoms with van der Waals surface area (Å²) in [6, 6.07) is 0. The number of quaternary nitrogens is 1. The molecule has 1 unspecified atom stereocenters. The van der Waals surface area contributed by atoms with Crippen LogP contribution in [0, 0.1) is 0 Å². The van der Waals surface area contributed by atoms with Gasteiger partial charge < -0.3 is 33.4 Å². The van der Waals surface area contributed by atoms with Gasteiger partial charge in [-0.3, -0.25) is 9.05 Å². The molecule has 0 aromatic heterocycles. The van der Waals surface area contributed by atoms with Crippen molar-refractivity contribution in [1.29, 1.82) is 0 Å². The number of phosphoric ester groups is 1. The van der Waals surface area contributed by atoms with Crippen LogP contribution < -0.4 is 0 Å². The van der Waals surface area contributed by atoms with Crippen molar-refractivity contribution in [1.82, 2.24) is 0 Å². The van der Waals surface area contributed by atoms with Gasteiger partial charge >= 0.3 is 7.82 Å². The number of hydrogen-bond donors (Lipinski definition) is 2. The van der Waals surface area contributed by atoms with Gasteiger partial charge in [0.1, 0.15) is 25.8 Å². The minimum atomic E-state index is -4.24. The highest BCUT2D eigenvalue weighted by atomic mass is 31.2. The first-order chi connectivity index (χ1) is 27.3. The highest BCUT2D eigenvalue weighted by Gasteiger charge is 2.26. The minimum absolute atomic E-state index is 0.00288. The second-order valence-corrected chi connectivity index (χ2v) is 18.1. The van der Waals surface area contributed by atoms with E-state index in [1.807, 2.05) is 14.1 Å². The summed E-state index contributed by atoms with van der Waals surface area (Å²) in [4.78, 5) is 10.4. The Hall–Kier alpha value is -0.130. The summed E-state index contributed by atoms with van der Waals surface area (Å²) in [6.07, 6.45) is 36.4. The van der Waals surface area contributed by atoms with E-state index in [9.17, 15) is 9.46 Å². The Morgan fingerprint density at radius 1 is 0.446 bits per heavy atom. The summed E-state index contributed by atoms with van der Waals surface area (Å²) in [6.45, 7) is 9.17. The molecule has 0 heterocycles. The zero-order valence-electron chi connectivity index (χ0n) is 37.5. The fourth-order valence-electron chi connectivity index (χ4n) is 6.73. The Morgan fingerprint density at radius 3 is 1.29 bits per heavy atom. The number of rotatable bonds is 48. The van der Waals surface area contributed by atoms with E-state index in [1.54, 1.807) is 0 Å². The van der Waals surface area contributed by atoms with Crippen molar-refractivity contribution in [2.24, 2.45) is 0 Å². The molecule has 0 amide bonds. The van der Waals surface area contributed by atoms with Crippen LogP contribution in [0.1, 0.15) is 194 Å². The lowest BCUT2D eigenvalue weighted by Crippen LogP contribution is -2.44. The molecule has 0 aliphatic carbocycles. The molecule has 0 radical (unpaired) electrons. The molecule has 0 aromatic rings. The van der Waals surface area contributed by atoms with Crippen LogP contribution in [-0.4, -0.2) is 114 Å². The topological polar surface area (TPSA) is 113 Å². The lowest BCUT2D eigenvalue weighted by atomic mass is 10.0. The minimum Gasteiger partial charge on any atom is -0.394 e. The van der Waals surface area contributed by atoms with Gasteiger partial charge in [-0.25, -0.2) is 4.57 Å². The Morgan fingerprint density at radius 2 is 0.839 bits per heavy atom. The zero-order valence-corrected chi connectivity index (χ0v) is 38.4. The number of nitrogens with zero attached hydrogens (tertiary/aromatic N) is 1. The van der Waals surface area contributed by atoms with Gasteiger partial charge in [-0.1, -0.05) is 181 Å². The van der Waals surface area contributed by atoms with Crippen molar-refractivity contribution < 1.29 is 47.0 Å². The van der Waals surface area contributed by atoms with Crippen molar-refractivity contribution in [3.63, 3.8) is 0 Å². The number of aliphatic hydroxyl groups excluding tert-OH is 1. The second kappa shape index (κ2) is 43.0. The lowest BCUT2D eigenvalue weighted by molar-refractivity contribution is -0.890. The fraction of sp³-hybridized carbons (Fsp3) is 1.00. The van der Waals surface area contributed by atoms with E-state index >= 15 is 0 Å². The van der Waals surface area contributed by atoms with Crippen LogP contribution in [0.15, 0.2) is 0 Å². The van der Waals surface area contributed by atoms with Gasteiger partial charge in [0.2, 0.25) is 0 Å². The average molecular weight is 825 g/mol. The number of phosphoric acid groups is 1. The molecular weight excluding hydrogens is 729 g/mol. The van der Waals surface area contributed by atoms with Gasteiger partial charge in [-0.15, -0.1) is 0 Å². The summed E-state index contributed by atoms with van der Waals surface area (Å²) >= 11 is 0. The van der Waals surface area contributed by atoms with Gasteiger partial charge in [0.25, 0.3) is 0 Å². The molecule has 0 spiro atoms. The Kier molecular flexibility index (Phi) is 42.9. The van der Waals surface area contributed by atoms with E-state index in [4.69, 9.17) is 33.1 Å². The van der Waals surface area contributed by atoms with Crippen LogP contribution in [0.5, 0.6) is 0 Å². The molecule has 0 saturated carbocycles. The van der Waals surface area contributed by atoms with Crippen LogP contribution in [-0.2, 0) is 32.6 Å². The monoisotopic (exact) mass is 825 g/mol. The van der Waals surface area contributed by atoms with E-state index < -0.39 is 13.9 Å². The normalized spacial score (nSPS) is 13.8. The van der Waals surface area contributed by atoms with Crippen LogP contribution in [0.4, 0.5) is 0 Å². The highest BCUT2D eigenvalue weighted by Crippen LogP contribution is 2.43. The van der Waals surface area contributed by atoms with Gasteiger partial charge in [0, 0.05) is 13.2 Å². The number of aliphatic hydroxyl groups is 1. The Labute approximate surface area is 347 Å². The Bertz CT molecular complexity index is 822. The van der Waals surface area contributed by atoms with E-state index in [0.717, 1.165) is 25.7 Å². The maximum atomic E-state index is 12.8. The molecule has 0 aromatic carbocycles. The molecule has 11 heteroatoms. The first-order valence-electron chi connectivity index (χ1n) is 23.7. The largest absolute Gasteiger partial charge is 0.472 e. The SMILES string of the molecule is CCCCCCCCCCCCCCCCOC[C@@H](COP(=O)(O)OCC[N+](C)(C)CCOCCOCCO)OCCCCCCCCCCCCCCCC. The van der Waals surface area contributed by atoms with E-state index in [2.05, 4.69) is 13.8 Å². The van der Waals surface area contributed by atoms with E-state index in [-0.39, 0.29) is 19.8 Å². The third kappa shape index (κ3) is 43.4. The lowest BCUT2D eigenvalue weighted by Gasteiger charge is -2.29. The average Bonchev–Trinajstić information content (AvgIpc) is 3.17. The van der Waals surface area contributed by atoms with Crippen LogP contribution in [0.25, 0.3) is 0 Å². The molecule has 0 aliphatic rings. The first kappa shape index (κ1) is 55.9. The molecular formula is C45H95NO9P+. The van der Waals surface area contributed by atoms with Crippen molar-refractivity contribution in [3.8, 4) is 0 Å². The number of ether oxygens (including phenoxy) is 4. The summed E-state index contributed by atoms with van der Waals surface area (Å²) in [7, 11) is -0.200. The quantitative estimate of drug-likeness (QED) is 0.0352. The second-order valence-electron chi connectivity index (χ2n) is 16.7. The standard InChI is InChI=1S/C45H94NO9P/c1-5-7-9-11-13-15-17-19-21-23-25-27-29-31-36-52-43-45(53-37-32-30-28-26-24-22-20-18-16-14-12-10-8-6-2)44-55-56(48,49)54-39-34-46(3,4)33-38-50-41-42-51-40-35-47/h45,47H,5-44H2,1-4H3/p+1/t45-/m0/s1. The van der Waals surface area contributed by atoms with Gasteiger partial charge in [-0.2, -0.15) is 0 Å². The number of hydrogen-bond acceptors (Lipinski definition) is 8. The molecule has 0 bridgehead atoms. The molecule has 2 N–H and O–H groups in total. The number of likely N-dealkylation sites (N-methyl/N-ethyl adjacent to an activating group) is 1. The molecule has 0 saturated heterocycles. The fourth-order valence-corrected chi connectivity index (χ4v) is 7.47. The molecule has 2 atom stereocenters. The van der Waals surface area contributed by atoms with Crippen molar-refractivity contribution in [2.45, 2.75) is 200 Å². The van der Waals surface area contributed by atoms with E-state index in [0.29, 0.717) is 63.8 Å². The third-order valence-corrected chi connectivity index (χ3v) is 11.6. The summed E-state index contributed by atoms with van der Waals surface area (Å²) in [5.41, 5.74) is 0. The molecule has 338 valence electrons. The highest BCUT2D eigenvalue weighted by molar-refractivity contribution is 7.47. The van der Waals surface area contributed by atoms with Gasteiger partial charge in [-0.05, 0) is 12.8 Å². The molecule has 0 aliphatic heterocycles. The summed E-state index contributed by atoms with van der Waals surface area (Å²) in [5, 5.41) is 8.77. The van der Waals surface area contributed by atoms with Crippen molar-refractivity contribution >= 4 is 7.82 Å². The molecule has 0 fully saturated rings. The predicted octanol–water partition coefficient (Wildman–Crippen LogP) is 11.6. The van der Waals surface area contributed by atoms with Crippen LogP contribution >= 0.6 is 7.82 Å². The maximum absolute atomic E-state index is 12.8.